The Kier molecular flexibility index (Phi) is 6.13. The molecule has 4 heteroatoms. The molecule has 0 aromatic heterocycles. The molecule has 138 valence electrons. The predicted molar refractivity (Wildman–Crippen MR) is 101 cm³/mol. The maximum atomic E-state index is 12.4. The highest BCUT2D eigenvalue weighted by molar-refractivity contribution is 5.92. The number of rotatable bonds is 6. The smallest absolute Gasteiger partial charge is 0.227 e. The Morgan fingerprint density at radius 2 is 1.84 bits per heavy atom. The van der Waals surface area contributed by atoms with Gasteiger partial charge in [0.15, 0.2) is 0 Å². The van der Waals surface area contributed by atoms with Gasteiger partial charge in [-0.05, 0) is 44.4 Å². The quantitative estimate of drug-likeness (QED) is 0.817. The van der Waals surface area contributed by atoms with Crippen molar-refractivity contribution >= 4 is 11.6 Å². The van der Waals surface area contributed by atoms with E-state index in [0.29, 0.717) is 6.04 Å². The SMILES string of the molecule is CN(Cc1ccccc1NC(=O)CC1(O)CCCC1)C1CCCCC1. The second kappa shape index (κ2) is 8.33. The van der Waals surface area contributed by atoms with Crippen LogP contribution in [0.25, 0.3) is 0 Å². The van der Waals surface area contributed by atoms with E-state index in [0.717, 1.165) is 43.5 Å². The van der Waals surface area contributed by atoms with Gasteiger partial charge in [-0.15, -0.1) is 0 Å². The molecular weight excluding hydrogens is 312 g/mol. The number of para-hydroxylation sites is 1. The first-order valence-corrected chi connectivity index (χ1v) is 9.86. The van der Waals surface area contributed by atoms with Crippen LogP contribution in [0.4, 0.5) is 5.69 Å². The third-order valence-corrected chi connectivity index (χ3v) is 5.93. The summed E-state index contributed by atoms with van der Waals surface area (Å²) in [6.07, 6.45) is 10.3. The lowest BCUT2D eigenvalue weighted by molar-refractivity contribution is -0.120. The molecule has 4 nitrogen and oxygen atoms in total. The highest BCUT2D eigenvalue weighted by Crippen LogP contribution is 2.33. The Morgan fingerprint density at radius 1 is 1.16 bits per heavy atom. The monoisotopic (exact) mass is 344 g/mol. The van der Waals surface area contributed by atoms with E-state index in [1.807, 2.05) is 18.2 Å². The van der Waals surface area contributed by atoms with E-state index in [1.54, 1.807) is 0 Å². The van der Waals surface area contributed by atoms with Gasteiger partial charge >= 0.3 is 0 Å². The molecule has 1 aromatic rings. The van der Waals surface area contributed by atoms with E-state index in [2.05, 4.69) is 23.3 Å². The third kappa shape index (κ3) is 5.05. The second-order valence-electron chi connectivity index (χ2n) is 8.02. The summed E-state index contributed by atoms with van der Waals surface area (Å²) in [5, 5.41) is 13.5. The molecule has 2 aliphatic carbocycles. The molecule has 2 fully saturated rings. The molecule has 0 bridgehead atoms. The Balaban J connectivity index is 1.61. The standard InChI is InChI=1S/C21H32N2O2/c1-23(18-10-3-2-4-11-18)16-17-9-5-6-12-19(17)22-20(24)15-21(25)13-7-8-14-21/h5-6,9,12,18,25H,2-4,7-8,10-11,13-16H2,1H3,(H,22,24). The lowest BCUT2D eigenvalue weighted by Gasteiger charge is -2.31. The molecule has 3 rings (SSSR count). The van der Waals surface area contributed by atoms with Crippen LogP contribution in [0.3, 0.4) is 0 Å². The molecule has 2 N–H and O–H groups in total. The zero-order chi connectivity index (χ0) is 17.7. The molecule has 25 heavy (non-hydrogen) atoms. The number of hydrogen-bond donors (Lipinski definition) is 2. The zero-order valence-corrected chi connectivity index (χ0v) is 15.5. The minimum atomic E-state index is -0.794. The van der Waals surface area contributed by atoms with Crippen molar-refractivity contribution in [2.24, 2.45) is 0 Å². The summed E-state index contributed by atoms with van der Waals surface area (Å²) in [4.78, 5) is 14.9. The van der Waals surface area contributed by atoms with Crippen molar-refractivity contribution in [1.29, 1.82) is 0 Å². The van der Waals surface area contributed by atoms with E-state index >= 15 is 0 Å². The number of nitrogens with one attached hydrogen (secondary N) is 1. The summed E-state index contributed by atoms with van der Waals surface area (Å²) in [5.74, 6) is -0.0721. The molecule has 0 heterocycles. The van der Waals surface area contributed by atoms with Gasteiger partial charge in [-0.1, -0.05) is 50.3 Å². The number of anilines is 1. The number of carbonyl (C=O) groups is 1. The molecule has 0 radical (unpaired) electrons. The van der Waals surface area contributed by atoms with Gasteiger partial charge in [-0.2, -0.15) is 0 Å². The Labute approximate surface area is 151 Å². The highest BCUT2D eigenvalue weighted by atomic mass is 16.3. The summed E-state index contributed by atoms with van der Waals surface area (Å²) in [5.41, 5.74) is 1.25. The lowest BCUT2D eigenvalue weighted by Crippen LogP contribution is -2.33. The topological polar surface area (TPSA) is 52.6 Å². The van der Waals surface area contributed by atoms with Crippen molar-refractivity contribution in [2.75, 3.05) is 12.4 Å². The average molecular weight is 344 g/mol. The lowest BCUT2D eigenvalue weighted by atomic mass is 9.94. The molecule has 1 amide bonds. The van der Waals surface area contributed by atoms with Crippen LogP contribution in [-0.2, 0) is 11.3 Å². The van der Waals surface area contributed by atoms with Crippen LogP contribution in [0.1, 0.15) is 69.8 Å². The van der Waals surface area contributed by atoms with E-state index in [-0.39, 0.29) is 12.3 Å². The fourth-order valence-corrected chi connectivity index (χ4v) is 4.40. The number of aliphatic hydroxyl groups is 1. The molecule has 0 saturated heterocycles. The van der Waals surface area contributed by atoms with Crippen LogP contribution in [0.5, 0.6) is 0 Å². The van der Waals surface area contributed by atoms with Crippen molar-refractivity contribution in [3.8, 4) is 0 Å². The van der Waals surface area contributed by atoms with Gasteiger partial charge in [0, 0.05) is 18.3 Å². The summed E-state index contributed by atoms with van der Waals surface area (Å²) in [6, 6.07) is 8.71. The van der Waals surface area contributed by atoms with Gasteiger partial charge in [0.1, 0.15) is 0 Å². The Hall–Kier alpha value is -1.39. The van der Waals surface area contributed by atoms with Gasteiger partial charge in [-0.3, -0.25) is 9.69 Å². The predicted octanol–water partition coefficient (Wildman–Crippen LogP) is 4.08. The van der Waals surface area contributed by atoms with Crippen LogP contribution in [0, 0.1) is 0 Å². The number of amides is 1. The molecular formula is C21H32N2O2. The minimum Gasteiger partial charge on any atom is -0.389 e. The van der Waals surface area contributed by atoms with Crippen LogP contribution in [-0.4, -0.2) is 34.6 Å². The maximum Gasteiger partial charge on any atom is 0.227 e. The number of carbonyl (C=O) groups excluding carboxylic acids is 1. The molecule has 0 spiro atoms. The summed E-state index contributed by atoms with van der Waals surface area (Å²) in [6.45, 7) is 0.853. The van der Waals surface area contributed by atoms with E-state index in [1.165, 1.54) is 32.1 Å². The van der Waals surface area contributed by atoms with E-state index < -0.39 is 5.60 Å². The summed E-state index contributed by atoms with van der Waals surface area (Å²) >= 11 is 0. The van der Waals surface area contributed by atoms with Crippen LogP contribution in [0.15, 0.2) is 24.3 Å². The number of benzene rings is 1. The molecule has 0 aliphatic heterocycles. The van der Waals surface area contributed by atoms with Crippen LogP contribution < -0.4 is 5.32 Å². The molecule has 2 saturated carbocycles. The molecule has 1 aromatic carbocycles. The van der Waals surface area contributed by atoms with E-state index in [4.69, 9.17) is 0 Å². The van der Waals surface area contributed by atoms with Gasteiger partial charge in [0.25, 0.3) is 0 Å². The zero-order valence-electron chi connectivity index (χ0n) is 15.5. The van der Waals surface area contributed by atoms with Gasteiger partial charge in [0.05, 0.1) is 12.0 Å². The first-order chi connectivity index (χ1) is 12.1. The minimum absolute atomic E-state index is 0.0721. The first kappa shape index (κ1) is 18.4. The van der Waals surface area contributed by atoms with Crippen molar-refractivity contribution < 1.29 is 9.90 Å². The van der Waals surface area contributed by atoms with E-state index in [9.17, 15) is 9.90 Å². The Bertz CT molecular complexity index is 575. The first-order valence-electron chi connectivity index (χ1n) is 9.86. The van der Waals surface area contributed by atoms with Gasteiger partial charge in [-0.25, -0.2) is 0 Å². The highest BCUT2D eigenvalue weighted by Gasteiger charge is 2.33. The van der Waals surface area contributed by atoms with Crippen molar-refractivity contribution in [3.05, 3.63) is 29.8 Å². The fraction of sp³-hybridized carbons (Fsp3) is 0.667. The summed E-state index contributed by atoms with van der Waals surface area (Å²) < 4.78 is 0. The average Bonchev–Trinajstić information content (AvgIpc) is 3.03. The third-order valence-electron chi connectivity index (χ3n) is 5.93. The van der Waals surface area contributed by atoms with Crippen molar-refractivity contribution in [1.82, 2.24) is 4.90 Å². The summed E-state index contributed by atoms with van der Waals surface area (Å²) in [7, 11) is 2.19. The number of hydrogen-bond acceptors (Lipinski definition) is 3. The maximum absolute atomic E-state index is 12.4. The second-order valence-corrected chi connectivity index (χ2v) is 8.02. The normalized spacial score (nSPS) is 20.8. The number of nitrogens with zero attached hydrogens (tertiary/aromatic N) is 1. The van der Waals surface area contributed by atoms with Crippen molar-refractivity contribution in [2.45, 2.75) is 82.4 Å². The largest absolute Gasteiger partial charge is 0.389 e. The van der Waals surface area contributed by atoms with Gasteiger partial charge < -0.3 is 10.4 Å². The van der Waals surface area contributed by atoms with Crippen LogP contribution in [0.2, 0.25) is 0 Å². The molecule has 2 aliphatic rings. The fourth-order valence-electron chi connectivity index (χ4n) is 4.40. The van der Waals surface area contributed by atoms with Crippen molar-refractivity contribution in [3.63, 3.8) is 0 Å². The molecule has 0 unspecified atom stereocenters. The molecule has 0 atom stereocenters. The van der Waals surface area contributed by atoms with Gasteiger partial charge in [0.2, 0.25) is 5.91 Å². The van der Waals surface area contributed by atoms with Crippen LogP contribution >= 0.6 is 0 Å². The Morgan fingerprint density at radius 3 is 2.56 bits per heavy atom.